The molecule has 5 heteroatoms. The van der Waals surface area contributed by atoms with E-state index in [1.54, 1.807) is 18.2 Å². The number of para-hydroxylation sites is 1. The summed E-state index contributed by atoms with van der Waals surface area (Å²) in [6.07, 6.45) is 0. The van der Waals surface area contributed by atoms with Gasteiger partial charge in [-0.15, -0.1) is 0 Å². The third-order valence-corrected chi connectivity index (χ3v) is 2.47. The molecular weight excluding hydrogens is 228 g/mol. The van der Waals surface area contributed by atoms with Crippen LogP contribution in [0.15, 0.2) is 35.4 Å². The zero-order valence-electron chi connectivity index (χ0n) is 8.94. The fourth-order valence-corrected chi connectivity index (χ4v) is 1.35. The van der Waals surface area contributed by atoms with E-state index in [1.807, 2.05) is 6.92 Å². The van der Waals surface area contributed by atoms with E-state index in [0.717, 1.165) is 5.57 Å². The summed E-state index contributed by atoms with van der Waals surface area (Å²) in [6, 6.07) is 6.69. The minimum absolute atomic E-state index is 0.141. The quantitative estimate of drug-likeness (QED) is 0.636. The lowest BCUT2D eigenvalue weighted by Gasteiger charge is -2.05. The van der Waals surface area contributed by atoms with Crippen LogP contribution in [0.2, 0.25) is 0 Å². The lowest BCUT2D eigenvalue weighted by molar-refractivity contribution is -0.385. The highest BCUT2D eigenvalue weighted by Crippen LogP contribution is 2.17. The molecule has 0 fully saturated rings. The first-order valence-corrected chi connectivity index (χ1v) is 5.27. The topological polar surface area (TPSA) is 55.2 Å². The van der Waals surface area contributed by atoms with Crippen LogP contribution in [-0.2, 0) is 6.54 Å². The first-order valence-electron chi connectivity index (χ1n) is 4.84. The Labute approximate surface area is 99.1 Å². The number of benzene rings is 1. The summed E-state index contributed by atoms with van der Waals surface area (Å²) in [6.45, 7) is 2.97. The van der Waals surface area contributed by atoms with Gasteiger partial charge in [-0.1, -0.05) is 29.8 Å². The Morgan fingerprint density at radius 3 is 2.88 bits per heavy atom. The molecule has 86 valence electrons. The van der Waals surface area contributed by atoms with Crippen molar-refractivity contribution in [1.29, 1.82) is 0 Å². The van der Waals surface area contributed by atoms with Gasteiger partial charge in [-0.2, -0.15) is 0 Å². The highest BCUT2D eigenvalue weighted by atomic mass is 35.5. The van der Waals surface area contributed by atoms with Gasteiger partial charge in [0.15, 0.2) is 0 Å². The molecule has 0 saturated carbocycles. The van der Waals surface area contributed by atoms with Crippen molar-refractivity contribution in [2.24, 2.45) is 0 Å². The smallest absolute Gasteiger partial charge is 0.273 e. The van der Waals surface area contributed by atoms with Gasteiger partial charge in [0.05, 0.1) is 4.92 Å². The van der Waals surface area contributed by atoms with Gasteiger partial charge in [0.2, 0.25) is 0 Å². The molecule has 0 aliphatic heterocycles. The van der Waals surface area contributed by atoms with E-state index in [1.165, 1.54) is 11.6 Å². The number of rotatable bonds is 5. The van der Waals surface area contributed by atoms with Crippen molar-refractivity contribution >= 4 is 17.3 Å². The second-order valence-corrected chi connectivity index (χ2v) is 3.66. The summed E-state index contributed by atoms with van der Waals surface area (Å²) in [7, 11) is 0. The number of hydrogen-bond donors (Lipinski definition) is 1. The van der Waals surface area contributed by atoms with Crippen molar-refractivity contribution in [3.8, 4) is 0 Å². The lowest BCUT2D eigenvalue weighted by atomic mass is 10.2. The monoisotopic (exact) mass is 240 g/mol. The summed E-state index contributed by atoms with van der Waals surface area (Å²) >= 11 is 5.51. The zero-order valence-corrected chi connectivity index (χ0v) is 9.70. The van der Waals surface area contributed by atoms with Gasteiger partial charge < -0.3 is 5.32 Å². The SMILES string of the molecule is C/C(=C/Cl)CNCc1ccccc1[N+](=O)[O-]. The molecule has 0 aromatic heterocycles. The molecule has 4 nitrogen and oxygen atoms in total. The molecule has 16 heavy (non-hydrogen) atoms. The van der Waals surface area contributed by atoms with Crippen molar-refractivity contribution in [1.82, 2.24) is 5.32 Å². The van der Waals surface area contributed by atoms with E-state index < -0.39 is 0 Å². The van der Waals surface area contributed by atoms with E-state index in [-0.39, 0.29) is 10.6 Å². The predicted octanol–water partition coefficient (Wildman–Crippen LogP) is 2.83. The predicted molar refractivity (Wildman–Crippen MR) is 64.4 cm³/mol. The van der Waals surface area contributed by atoms with Gasteiger partial charge in [-0.25, -0.2) is 0 Å². The second kappa shape index (κ2) is 6.25. The molecule has 1 rings (SSSR count). The molecule has 0 unspecified atom stereocenters. The summed E-state index contributed by atoms with van der Waals surface area (Å²) in [5.41, 5.74) is 3.30. The van der Waals surface area contributed by atoms with Crippen LogP contribution in [-0.4, -0.2) is 11.5 Å². The molecule has 0 amide bonds. The summed E-state index contributed by atoms with van der Waals surface area (Å²) < 4.78 is 0. The first-order chi connectivity index (χ1) is 7.65. The van der Waals surface area contributed by atoms with Crippen molar-refractivity contribution < 1.29 is 4.92 Å². The summed E-state index contributed by atoms with van der Waals surface area (Å²) in [5, 5.41) is 13.8. The van der Waals surface area contributed by atoms with E-state index >= 15 is 0 Å². The third kappa shape index (κ3) is 3.64. The normalized spacial score (nSPS) is 11.5. The van der Waals surface area contributed by atoms with Gasteiger partial charge in [0.25, 0.3) is 5.69 Å². The largest absolute Gasteiger partial charge is 0.309 e. The van der Waals surface area contributed by atoms with Crippen LogP contribution < -0.4 is 5.32 Å². The summed E-state index contributed by atoms with van der Waals surface area (Å²) in [5.74, 6) is 0. The Morgan fingerprint density at radius 2 is 2.25 bits per heavy atom. The van der Waals surface area contributed by atoms with Crippen LogP contribution in [0, 0.1) is 10.1 Å². The average molecular weight is 241 g/mol. The molecule has 1 N–H and O–H groups in total. The van der Waals surface area contributed by atoms with Gasteiger partial charge in [-0.05, 0) is 12.5 Å². The van der Waals surface area contributed by atoms with Gasteiger partial charge in [0.1, 0.15) is 0 Å². The number of halogens is 1. The number of nitrogens with zero attached hydrogens (tertiary/aromatic N) is 1. The van der Waals surface area contributed by atoms with Gasteiger partial charge in [0, 0.05) is 30.3 Å². The van der Waals surface area contributed by atoms with Crippen LogP contribution in [0.4, 0.5) is 5.69 Å². The maximum atomic E-state index is 10.7. The second-order valence-electron chi connectivity index (χ2n) is 3.44. The number of hydrogen-bond acceptors (Lipinski definition) is 3. The van der Waals surface area contributed by atoms with Crippen molar-refractivity contribution in [2.75, 3.05) is 6.54 Å². The highest BCUT2D eigenvalue weighted by Gasteiger charge is 2.10. The highest BCUT2D eigenvalue weighted by molar-refractivity contribution is 6.25. The van der Waals surface area contributed by atoms with E-state index in [2.05, 4.69) is 5.32 Å². The molecule has 0 bridgehead atoms. The Balaban J connectivity index is 2.63. The molecule has 0 radical (unpaired) electrons. The molecule has 1 aromatic rings. The molecule has 0 heterocycles. The van der Waals surface area contributed by atoms with Crippen molar-refractivity contribution in [3.05, 3.63) is 51.1 Å². The molecule has 0 saturated heterocycles. The standard InChI is InChI=1S/C11H13ClN2O2/c1-9(6-12)7-13-8-10-4-2-3-5-11(10)14(15)16/h2-6,13H,7-8H2,1H3/b9-6-. The van der Waals surface area contributed by atoms with Crippen molar-refractivity contribution in [2.45, 2.75) is 13.5 Å². The van der Waals surface area contributed by atoms with Crippen LogP contribution in [0.25, 0.3) is 0 Å². The minimum Gasteiger partial charge on any atom is -0.309 e. The number of nitro groups is 1. The van der Waals surface area contributed by atoms with Gasteiger partial charge in [-0.3, -0.25) is 10.1 Å². The zero-order chi connectivity index (χ0) is 12.0. The van der Waals surface area contributed by atoms with Gasteiger partial charge >= 0.3 is 0 Å². The molecule has 0 spiro atoms. The van der Waals surface area contributed by atoms with E-state index in [9.17, 15) is 10.1 Å². The Morgan fingerprint density at radius 1 is 1.56 bits per heavy atom. The Bertz CT molecular complexity index is 405. The van der Waals surface area contributed by atoms with E-state index in [4.69, 9.17) is 11.6 Å². The van der Waals surface area contributed by atoms with Crippen molar-refractivity contribution in [3.63, 3.8) is 0 Å². The lowest BCUT2D eigenvalue weighted by Crippen LogP contribution is -2.16. The maximum Gasteiger partial charge on any atom is 0.273 e. The van der Waals surface area contributed by atoms with Crippen LogP contribution in [0.5, 0.6) is 0 Å². The summed E-state index contributed by atoms with van der Waals surface area (Å²) in [4.78, 5) is 10.3. The fraction of sp³-hybridized carbons (Fsp3) is 0.273. The Hall–Kier alpha value is -1.39. The number of nitro benzene ring substituents is 1. The molecule has 0 atom stereocenters. The first kappa shape index (κ1) is 12.7. The number of nitrogens with one attached hydrogen (secondary N) is 1. The van der Waals surface area contributed by atoms with Crippen LogP contribution in [0.1, 0.15) is 12.5 Å². The maximum absolute atomic E-state index is 10.7. The molecule has 0 aliphatic rings. The Kier molecular flexibility index (Phi) is 4.95. The average Bonchev–Trinajstić information content (AvgIpc) is 2.29. The minimum atomic E-state index is -0.374. The molecule has 0 aliphatic carbocycles. The molecule has 1 aromatic carbocycles. The molecular formula is C11H13ClN2O2. The van der Waals surface area contributed by atoms with Crippen LogP contribution >= 0.6 is 11.6 Å². The fourth-order valence-electron chi connectivity index (χ4n) is 1.27. The van der Waals surface area contributed by atoms with Crippen LogP contribution in [0.3, 0.4) is 0 Å². The van der Waals surface area contributed by atoms with E-state index in [0.29, 0.717) is 18.7 Å². The third-order valence-electron chi connectivity index (χ3n) is 2.09.